The van der Waals surface area contributed by atoms with Gasteiger partial charge in [-0.2, -0.15) is 0 Å². The van der Waals surface area contributed by atoms with Crippen LogP contribution in [-0.2, 0) is 16.8 Å². The lowest BCUT2D eigenvalue weighted by Gasteiger charge is -2.34. The van der Waals surface area contributed by atoms with Gasteiger partial charge in [0, 0.05) is 37.6 Å². The van der Waals surface area contributed by atoms with Crippen molar-refractivity contribution in [2.45, 2.75) is 44.2 Å². The summed E-state index contributed by atoms with van der Waals surface area (Å²) in [5.74, 6) is 1.63. The summed E-state index contributed by atoms with van der Waals surface area (Å²) in [6, 6.07) is 14.8. The molecule has 1 aromatic carbocycles. The Morgan fingerprint density at radius 3 is 2.48 bits per heavy atom. The Kier molecular flexibility index (Phi) is 4.96. The van der Waals surface area contributed by atoms with Gasteiger partial charge in [0.15, 0.2) is 11.5 Å². The quantitative estimate of drug-likeness (QED) is 0.514. The molecule has 2 aliphatic rings. The van der Waals surface area contributed by atoms with Crippen LogP contribution in [0.5, 0.6) is 0 Å². The number of hydrogen-bond donors (Lipinski definition) is 1. The molecular formula is C26H27N5O2. The van der Waals surface area contributed by atoms with Crippen LogP contribution in [0.15, 0.2) is 54.9 Å². The highest BCUT2D eigenvalue weighted by Crippen LogP contribution is 2.36. The third-order valence-electron chi connectivity index (χ3n) is 7.16. The topological polar surface area (TPSA) is 86.0 Å². The first-order valence-electron chi connectivity index (χ1n) is 11.7. The van der Waals surface area contributed by atoms with E-state index in [9.17, 15) is 5.11 Å². The number of benzene rings is 1. The monoisotopic (exact) mass is 441 g/mol. The number of ether oxygens (including phenoxy) is 1. The summed E-state index contributed by atoms with van der Waals surface area (Å²) in [5, 5.41) is 11.1. The van der Waals surface area contributed by atoms with Gasteiger partial charge in [-0.1, -0.05) is 30.3 Å². The van der Waals surface area contributed by atoms with Crippen molar-refractivity contribution in [3.8, 4) is 11.3 Å². The predicted molar refractivity (Wildman–Crippen MR) is 125 cm³/mol. The van der Waals surface area contributed by atoms with Crippen molar-refractivity contribution < 1.29 is 9.84 Å². The summed E-state index contributed by atoms with van der Waals surface area (Å²) in [7, 11) is 0. The number of imidazole rings is 1. The van der Waals surface area contributed by atoms with Gasteiger partial charge in [0.25, 0.3) is 0 Å². The molecule has 7 heteroatoms. The molecule has 0 spiro atoms. The minimum absolute atomic E-state index is 0.0934. The molecule has 7 nitrogen and oxygen atoms in total. The maximum absolute atomic E-state index is 11.1. The summed E-state index contributed by atoms with van der Waals surface area (Å²) in [6.07, 6.45) is 7.13. The van der Waals surface area contributed by atoms with E-state index in [1.165, 1.54) is 5.56 Å². The number of aromatic nitrogens is 5. The normalized spacial score (nSPS) is 20.6. The second-order valence-corrected chi connectivity index (χ2v) is 9.23. The molecule has 2 aliphatic heterocycles. The number of nitrogens with zero attached hydrogens (tertiary/aromatic N) is 5. The second-order valence-electron chi connectivity index (χ2n) is 9.23. The summed E-state index contributed by atoms with van der Waals surface area (Å²) < 4.78 is 7.71. The number of fused-ring (bicyclic) bond motifs is 3. The Morgan fingerprint density at radius 2 is 1.73 bits per heavy atom. The van der Waals surface area contributed by atoms with Crippen molar-refractivity contribution in [3.05, 3.63) is 72.1 Å². The van der Waals surface area contributed by atoms with Gasteiger partial charge >= 0.3 is 0 Å². The van der Waals surface area contributed by atoms with E-state index in [0.29, 0.717) is 19.0 Å². The highest BCUT2D eigenvalue weighted by atomic mass is 16.5. The number of aryl methyl sites for hydroxylation is 1. The first-order chi connectivity index (χ1) is 16.1. The standard InChI is InChI=1S/C26H27N5O2/c1-26(32,19-11-13-33-14-12-19)25-27-15-18(16-28-25)20-7-8-21-24(30-20)31-22(9-10-23(31)29-21)17-5-3-2-4-6-17/h2-8,15-16,19,22,32H,9-14H2,1H3/t22-,26?/m1/s1. The van der Waals surface area contributed by atoms with E-state index in [1.54, 1.807) is 12.4 Å². The van der Waals surface area contributed by atoms with Crippen molar-refractivity contribution in [2.75, 3.05) is 13.2 Å². The molecule has 1 N–H and O–H groups in total. The molecule has 0 aliphatic carbocycles. The van der Waals surface area contributed by atoms with Gasteiger partial charge in [-0.25, -0.2) is 19.9 Å². The average Bonchev–Trinajstić information content (AvgIpc) is 3.44. The highest BCUT2D eigenvalue weighted by Gasteiger charge is 2.37. The summed E-state index contributed by atoms with van der Waals surface area (Å²) in [6.45, 7) is 3.15. The van der Waals surface area contributed by atoms with Gasteiger partial charge in [0.05, 0.1) is 11.7 Å². The van der Waals surface area contributed by atoms with Crippen molar-refractivity contribution in [2.24, 2.45) is 5.92 Å². The molecule has 5 heterocycles. The SMILES string of the molecule is CC(O)(c1ncc(-c2ccc3nc4n(c3n2)[C@@H](c2ccccc2)CC4)cn1)C1CCOCC1. The maximum Gasteiger partial charge on any atom is 0.161 e. The van der Waals surface area contributed by atoms with Crippen LogP contribution >= 0.6 is 0 Å². The van der Waals surface area contributed by atoms with Crippen LogP contribution in [-0.4, -0.2) is 42.8 Å². The third kappa shape index (κ3) is 3.52. The van der Waals surface area contributed by atoms with E-state index in [1.807, 2.05) is 25.1 Å². The Hall–Kier alpha value is -3.16. The molecule has 0 radical (unpaired) electrons. The third-order valence-corrected chi connectivity index (χ3v) is 7.16. The van der Waals surface area contributed by atoms with Gasteiger partial charge in [0.2, 0.25) is 0 Å². The molecule has 0 saturated carbocycles. The molecule has 1 fully saturated rings. The summed E-state index contributed by atoms with van der Waals surface area (Å²) in [5.41, 5.74) is 3.65. The number of aliphatic hydroxyl groups is 1. The minimum atomic E-state index is -1.07. The average molecular weight is 442 g/mol. The first kappa shape index (κ1) is 20.4. The zero-order valence-electron chi connectivity index (χ0n) is 18.7. The molecule has 6 rings (SSSR count). The largest absolute Gasteiger partial charge is 0.382 e. The van der Waals surface area contributed by atoms with E-state index >= 15 is 0 Å². The van der Waals surface area contributed by atoms with Gasteiger partial charge in [-0.15, -0.1) is 0 Å². The molecule has 168 valence electrons. The van der Waals surface area contributed by atoms with Gasteiger partial charge < -0.3 is 14.4 Å². The van der Waals surface area contributed by atoms with Crippen LogP contribution in [0.1, 0.15) is 49.4 Å². The lowest BCUT2D eigenvalue weighted by Crippen LogP contribution is -2.37. The Labute approximate surface area is 192 Å². The first-order valence-corrected chi connectivity index (χ1v) is 11.7. The summed E-state index contributed by atoms with van der Waals surface area (Å²) >= 11 is 0. The highest BCUT2D eigenvalue weighted by molar-refractivity contribution is 5.76. The molecular weight excluding hydrogens is 414 g/mol. The zero-order chi connectivity index (χ0) is 22.4. The van der Waals surface area contributed by atoms with Gasteiger partial charge in [0.1, 0.15) is 16.9 Å². The minimum Gasteiger partial charge on any atom is -0.382 e. The van der Waals surface area contributed by atoms with Crippen molar-refractivity contribution in [1.82, 2.24) is 24.5 Å². The Balaban J connectivity index is 1.33. The number of pyridine rings is 1. The summed E-state index contributed by atoms with van der Waals surface area (Å²) in [4.78, 5) is 18.9. The van der Waals surface area contributed by atoms with Gasteiger partial charge in [-0.3, -0.25) is 0 Å². The van der Waals surface area contributed by atoms with Gasteiger partial charge in [-0.05, 0) is 49.8 Å². The molecule has 2 atom stereocenters. The van der Waals surface area contributed by atoms with Crippen LogP contribution < -0.4 is 0 Å². The smallest absolute Gasteiger partial charge is 0.161 e. The zero-order valence-corrected chi connectivity index (χ0v) is 18.7. The van der Waals surface area contributed by atoms with Crippen LogP contribution in [0.3, 0.4) is 0 Å². The molecule has 0 amide bonds. The fraction of sp³-hybridized carbons (Fsp3) is 0.385. The van der Waals surface area contributed by atoms with Crippen molar-refractivity contribution >= 4 is 11.2 Å². The van der Waals surface area contributed by atoms with E-state index in [4.69, 9.17) is 14.7 Å². The Morgan fingerprint density at radius 1 is 0.970 bits per heavy atom. The molecule has 1 saturated heterocycles. The molecule has 33 heavy (non-hydrogen) atoms. The van der Waals surface area contributed by atoms with Crippen molar-refractivity contribution in [1.29, 1.82) is 0 Å². The fourth-order valence-corrected chi connectivity index (χ4v) is 5.24. The van der Waals surface area contributed by atoms with E-state index in [-0.39, 0.29) is 12.0 Å². The van der Waals surface area contributed by atoms with Crippen LogP contribution in [0.25, 0.3) is 22.4 Å². The lowest BCUT2D eigenvalue weighted by molar-refractivity contribution is -0.0634. The van der Waals surface area contributed by atoms with E-state index in [0.717, 1.165) is 53.9 Å². The van der Waals surface area contributed by atoms with Crippen LogP contribution in [0.4, 0.5) is 0 Å². The van der Waals surface area contributed by atoms with Crippen LogP contribution in [0, 0.1) is 5.92 Å². The maximum atomic E-state index is 11.1. The van der Waals surface area contributed by atoms with Crippen LogP contribution in [0.2, 0.25) is 0 Å². The second kappa shape index (κ2) is 8.01. The molecule has 4 aromatic rings. The van der Waals surface area contributed by atoms with Crippen molar-refractivity contribution in [3.63, 3.8) is 0 Å². The number of hydrogen-bond acceptors (Lipinski definition) is 6. The van der Waals surface area contributed by atoms with E-state index in [2.05, 4.69) is 38.8 Å². The van der Waals surface area contributed by atoms with E-state index < -0.39 is 5.60 Å². The predicted octanol–water partition coefficient (Wildman–Crippen LogP) is 4.06. The lowest BCUT2D eigenvalue weighted by atomic mass is 9.82. The number of rotatable bonds is 4. The molecule has 1 unspecified atom stereocenters. The molecule has 3 aromatic heterocycles. The fourth-order valence-electron chi connectivity index (χ4n) is 5.24. The Bertz CT molecular complexity index is 1280. The molecule has 0 bridgehead atoms.